The molecule has 0 bridgehead atoms. The third-order valence-electron chi connectivity index (χ3n) is 3.60. The monoisotopic (exact) mass is 324 g/mol. The highest BCUT2D eigenvalue weighted by Gasteiger charge is 2.05. The van der Waals surface area contributed by atoms with E-state index in [0.29, 0.717) is 18.1 Å². The molecular weight excluding hydrogens is 300 g/mol. The van der Waals surface area contributed by atoms with Gasteiger partial charge < -0.3 is 4.74 Å². The van der Waals surface area contributed by atoms with Crippen molar-refractivity contribution in [2.45, 2.75) is 27.2 Å². The van der Waals surface area contributed by atoms with Crippen LogP contribution < -0.4 is 10.2 Å². The molecule has 0 aliphatic heterocycles. The summed E-state index contributed by atoms with van der Waals surface area (Å²) >= 11 is 0. The predicted molar refractivity (Wildman–Crippen MR) is 97.5 cm³/mol. The smallest absolute Gasteiger partial charge is 0.271 e. The topological polar surface area (TPSA) is 50.7 Å². The summed E-state index contributed by atoms with van der Waals surface area (Å²) in [6.07, 6.45) is 1.01. The first-order chi connectivity index (χ1) is 11.6. The molecule has 4 nitrogen and oxygen atoms in total. The molecule has 0 saturated heterocycles. The number of nitrogens with one attached hydrogen (secondary N) is 1. The molecule has 0 unspecified atom stereocenters. The highest BCUT2D eigenvalue weighted by atomic mass is 16.5. The number of carbonyl (C=O) groups excluding carboxylic acids is 1. The Morgan fingerprint density at radius 3 is 2.33 bits per heavy atom. The van der Waals surface area contributed by atoms with Crippen molar-refractivity contribution in [2.24, 2.45) is 11.0 Å². The maximum atomic E-state index is 12.1. The number of ether oxygens (including phenoxy) is 1. The lowest BCUT2D eigenvalue weighted by Gasteiger charge is -2.08. The van der Waals surface area contributed by atoms with Gasteiger partial charge in [-0.25, -0.2) is 5.43 Å². The molecule has 0 atom stereocenters. The first kappa shape index (κ1) is 17.7. The summed E-state index contributed by atoms with van der Waals surface area (Å²) in [7, 11) is 0. The fraction of sp³-hybridized carbons (Fsp3) is 0.300. The number of hydrazone groups is 1. The molecule has 0 fully saturated rings. The van der Waals surface area contributed by atoms with Gasteiger partial charge in [0.2, 0.25) is 0 Å². The van der Waals surface area contributed by atoms with Gasteiger partial charge in [0.05, 0.1) is 12.3 Å². The van der Waals surface area contributed by atoms with Crippen LogP contribution in [0.15, 0.2) is 59.7 Å². The zero-order chi connectivity index (χ0) is 17.4. The third-order valence-corrected chi connectivity index (χ3v) is 3.60. The van der Waals surface area contributed by atoms with Crippen molar-refractivity contribution in [1.29, 1.82) is 0 Å². The van der Waals surface area contributed by atoms with E-state index in [2.05, 4.69) is 24.4 Å². The lowest BCUT2D eigenvalue weighted by molar-refractivity contribution is 0.0955. The van der Waals surface area contributed by atoms with Gasteiger partial charge in [-0.2, -0.15) is 5.10 Å². The molecule has 0 aliphatic rings. The van der Waals surface area contributed by atoms with E-state index in [1.165, 1.54) is 0 Å². The van der Waals surface area contributed by atoms with Crippen LogP contribution in [-0.4, -0.2) is 18.2 Å². The van der Waals surface area contributed by atoms with Gasteiger partial charge >= 0.3 is 0 Å². The fourth-order valence-electron chi connectivity index (χ4n) is 2.06. The highest BCUT2D eigenvalue weighted by molar-refractivity contribution is 6.00. The van der Waals surface area contributed by atoms with Crippen molar-refractivity contribution in [2.75, 3.05) is 6.61 Å². The molecule has 2 rings (SSSR count). The summed E-state index contributed by atoms with van der Waals surface area (Å²) in [6, 6.07) is 16.8. The van der Waals surface area contributed by atoms with Crippen LogP contribution in [0.1, 0.15) is 43.1 Å². The standard InChI is InChI=1S/C20H24N2O2/c1-15(2)13-14-24-19-11-9-18(10-12-19)20(23)22-21-16(3)17-7-5-4-6-8-17/h4-12,15H,13-14H2,1-3H3,(H,22,23). The van der Waals surface area contributed by atoms with E-state index in [-0.39, 0.29) is 5.91 Å². The number of rotatable bonds is 7. The summed E-state index contributed by atoms with van der Waals surface area (Å²) in [5.41, 5.74) is 4.87. The van der Waals surface area contributed by atoms with Gasteiger partial charge in [0, 0.05) is 5.56 Å². The molecule has 2 aromatic rings. The van der Waals surface area contributed by atoms with Crippen LogP contribution in [-0.2, 0) is 0 Å². The van der Waals surface area contributed by atoms with E-state index in [4.69, 9.17) is 4.74 Å². The van der Waals surface area contributed by atoms with Crippen LogP contribution in [0, 0.1) is 5.92 Å². The lowest BCUT2D eigenvalue weighted by atomic mass is 10.1. The third kappa shape index (κ3) is 5.54. The van der Waals surface area contributed by atoms with E-state index < -0.39 is 0 Å². The molecule has 1 N–H and O–H groups in total. The van der Waals surface area contributed by atoms with Crippen LogP contribution in [0.25, 0.3) is 0 Å². The van der Waals surface area contributed by atoms with Gasteiger partial charge in [-0.05, 0) is 49.1 Å². The number of hydrogen-bond acceptors (Lipinski definition) is 3. The van der Waals surface area contributed by atoms with E-state index >= 15 is 0 Å². The predicted octanol–water partition coefficient (Wildman–Crippen LogP) is 4.27. The molecule has 0 saturated carbocycles. The quantitative estimate of drug-likeness (QED) is 0.611. The number of amides is 1. The van der Waals surface area contributed by atoms with Gasteiger partial charge in [-0.3, -0.25) is 4.79 Å². The second-order valence-corrected chi connectivity index (χ2v) is 6.06. The molecule has 0 spiro atoms. The van der Waals surface area contributed by atoms with Crippen LogP contribution in [0.4, 0.5) is 0 Å². The molecule has 126 valence electrons. The first-order valence-electron chi connectivity index (χ1n) is 8.19. The lowest BCUT2D eigenvalue weighted by Crippen LogP contribution is -2.19. The van der Waals surface area contributed by atoms with E-state index in [1.54, 1.807) is 12.1 Å². The SMILES string of the molecule is CC(=NNC(=O)c1ccc(OCCC(C)C)cc1)c1ccccc1. The minimum atomic E-state index is -0.237. The molecule has 4 heteroatoms. The van der Waals surface area contributed by atoms with Crippen molar-refractivity contribution in [1.82, 2.24) is 5.43 Å². The van der Waals surface area contributed by atoms with Gasteiger partial charge in [-0.15, -0.1) is 0 Å². The van der Waals surface area contributed by atoms with E-state index in [0.717, 1.165) is 23.4 Å². The molecular formula is C20H24N2O2. The highest BCUT2D eigenvalue weighted by Crippen LogP contribution is 2.13. The Labute approximate surface area is 143 Å². The molecule has 1 amide bonds. The Hall–Kier alpha value is -2.62. The molecule has 0 heterocycles. The van der Waals surface area contributed by atoms with E-state index in [9.17, 15) is 4.79 Å². The van der Waals surface area contributed by atoms with Gasteiger partial charge in [0.25, 0.3) is 5.91 Å². The number of benzene rings is 2. The van der Waals surface area contributed by atoms with Gasteiger partial charge in [0.1, 0.15) is 5.75 Å². The summed E-state index contributed by atoms with van der Waals surface area (Å²) in [5, 5.41) is 4.15. The minimum Gasteiger partial charge on any atom is -0.494 e. The zero-order valence-corrected chi connectivity index (χ0v) is 14.5. The Morgan fingerprint density at radius 2 is 1.71 bits per heavy atom. The van der Waals surface area contributed by atoms with Crippen molar-refractivity contribution in [3.8, 4) is 5.75 Å². The second kappa shape index (κ2) is 8.87. The number of carbonyl (C=O) groups is 1. The normalized spacial score (nSPS) is 11.4. The summed E-state index contributed by atoms with van der Waals surface area (Å²) < 4.78 is 5.65. The first-order valence-corrected chi connectivity index (χ1v) is 8.19. The van der Waals surface area contributed by atoms with Crippen molar-refractivity contribution in [3.05, 3.63) is 65.7 Å². The molecule has 0 aliphatic carbocycles. The van der Waals surface area contributed by atoms with E-state index in [1.807, 2.05) is 49.4 Å². The molecule has 24 heavy (non-hydrogen) atoms. The Kier molecular flexibility index (Phi) is 6.55. The molecule has 0 aromatic heterocycles. The average Bonchev–Trinajstić information content (AvgIpc) is 2.60. The Morgan fingerprint density at radius 1 is 1.04 bits per heavy atom. The minimum absolute atomic E-state index is 0.237. The number of nitrogens with zero attached hydrogens (tertiary/aromatic N) is 1. The van der Waals surface area contributed by atoms with Crippen LogP contribution in [0.5, 0.6) is 5.75 Å². The molecule has 0 radical (unpaired) electrons. The number of hydrogen-bond donors (Lipinski definition) is 1. The van der Waals surface area contributed by atoms with Crippen molar-refractivity contribution >= 4 is 11.6 Å². The Balaban J connectivity index is 1.90. The van der Waals surface area contributed by atoms with Crippen molar-refractivity contribution < 1.29 is 9.53 Å². The summed E-state index contributed by atoms with van der Waals surface area (Å²) in [5.74, 6) is 1.15. The van der Waals surface area contributed by atoms with Gasteiger partial charge in [0.15, 0.2) is 0 Å². The maximum absolute atomic E-state index is 12.1. The fourth-order valence-corrected chi connectivity index (χ4v) is 2.06. The largest absolute Gasteiger partial charge is 0.494 e. The van der Waals surface area contributed by atoms with Crippen LogP contribution in [0.2, 0.25) is 0 Å². The van der Waals surface area contributed by atoms with Crippen LogP contribution in [0.3, 0.4) is 0 Å². The Bertz CT molecular complexity index is 677. The molecule has 2 aromatic carbocycles. The second-order valence-electron chi connectivity index (χ2n) is 6.06. The summed E-state index contributed by atoms with van der Waals surface area (Å²) in [6.45, 7) is 6.87. The van der Waals surface area contributed by atoms with Crippen molar-refractivity contribution in [3.63, 3.8) is 0 Å². The van der Waals surface area contributed by atoms with Gasteiger partial charge in [-0.1, -0.05) is 44.2 Å². The summed E-state index contributed by atoms with van der Waals surface area (Å²) in [4.78, 5) is 12.1. The average molecular weight is 324 g/mol. The zero-order valence-electron chi connectivity index (χ0n) is 14.5. The van der Waals surface area contributed by atoms with Crippen LogP contribution >= 0.6 is 0 Å². The maximum Gasteiger partial charge on any atom is 0.271 e.